The third kappa shape index (κ3) is 8.33. The molecule has 0 aliphatic heterocycles. The van der Waals surface area contributed by atoms with Crippen LogP contribution in [0.3, 0.4) is 0 Å². The molecule has 0 radical (unpaired) electrons. The van der Waals surface area contributed by atoms with Crippen LogP contribution in [0.1, 0.15) is 45.3 Å². The number of ether oxygens (including phenoxy) is 2. The number of nitrogens with zero attached hydrogens (tertiary/aromatic N) is 2. The van der Waals surface area contributed by atoms with Gasteiger partial charge in [-0.15, -0.1) is 0 Å². The topological polar surface area (TPSA) is 82.5 Å². The van der Waals surface area contributed by atoms with Crippen molar-refractivity contribution in [3.05, 3.63) is 52.5 Å². The van der Waals surface area contributed by atoms with E-state index in [1.54, 1.807) is 62.3 Å². The van der Waals surface area contributed by atoms with Gasteiger partial charge in [0.05, 0.1) is 12.9 Å². The number of carbonyl (C=O) groups excluding carboxylic acids is 2. The van der Waals surface area contributed by atoms with Gasteiger partial charge in [-0.3, -0.25) is 4.79 Å². The van der Waals surface area contributed by atoms with Crippen molar-refractivity contribution in [2.45, 2.75) is 51.9 Å². The zero-order valence-corrected chi connectivity index (χ0v) is 18.2. The second-order valence-corrected chi connectivity index (χ2v) is 8.28. The molecule has 0 aliphatic rings. The summed E-state index contributed by atoms with van der Waals surface area (Å²) in [5.41, 5.74) is 0.0894. The van der Waals surface area contributed by atoms with E-state index < -0.39 is 23.8 Å². The lowest BCUT2D eigenvalue weighted by Crippen LogP contribution is -2.33. The molecule has 9 heteroatoms. The number of imidazole rings is 1. The van der Waals surface area contributed by atoms with Gasteiger partial charge in [-0.1, -0.05) is 29.3 Å². The molecule has 158 valence electrons. The van der Waals surface area contributed by atoms with E-state index in [4.69, 9.17) is 32.7 Å². The Hall–Kier alpha value is -2.25. The molecule has 2 rings (SSSR count). The fraction of sp³-hybridized carbons (Fsp3) is 0.450. The standard InChI is InChI=1S/C20H25Cl2N3O4/c1-20(2,3)29-19(27)24-8-4-5-18(26)28-17(12-25-10-9-23-13-25)15-7-6-14(21)11-16(15)22/h6-7,9-11,13,17H,4-5,8,12H2,1-3H3,(H,24,27). The van der Waals surface area contributed by atoms with Crippen LogP contribution < -0.4 is 5.32 Å². The molecule has 0 aliphatic carbocycles. The lowest BCUT2D eigenvalue weighted by Gasteiger charge is -2.21. The maximum Gasteiger partial charge on any atom is 0.407 e. The second-order valence-electron chi connectivity index (χ2n) is 7.44. The summed E-state index contributed by atoms with van der Waals surface area (Å²) in [6.07, 6.45) is 4.50. The highest BCUT2D eigenvalue weighted by atomic mass is 35.5. The van der Waals surface area contributed by atoms with Crippen LogP contribution in [-0.2, 0) is 20.8 Å². The van der Waals surface area contributed by atoms with E-state index in [-0.39, 0.29) is 6.42 Å². The van der Waals surface area contributed by atoms with Crippen LogP contribution in [0.15, 0.2) is 36.9 Å². The van der Waals surface area contributed by atoms with Gasteiger partial charge in [-0.2, -0.15) is 0 Å². The second kappa shape index (κ2) is 10.5. The van der Waals surface area contributed by atoms with Crippen LogP contribution in [0, 0.1) is 0 Å². The van der Waals surface area contributed by atoms with E-state index in [9.17, 15) is 9.59 Å². The van der Waals surface area contributed by atoms with Crippen LogP contribution in [0.25, 0.3) is 0 Å². The maximum atomic E-state index is 12.3. The molecule has 29 heavy (non-hydrogen) atoms. The van der Waals surface area contributed by atoms with Gasteiger partial charge >= 0.3 is 12.1 Å². The summed E-state index contributed by atoms with van der Waals surface area (Å²) in [4.78, 5) is 28.0. The first-order valence-electron chi connectivity index (χ1n) is 9.21. The Labute approximate surface area is 180 Å². The van der Waals surface area contributed by atoms with Gasteiger partial charge < -0.3 is 19.4 Å². The van der Waals surface area contributed by atoms with Crippen LogP contribution in [0.4, 0.5) is 4.79 Å². The van der Waals surface area contributed by atoms with Crippen molar-refractivity contribution >= 4 is 35.3 Å². The van der Waals surface area contributed by atoms with Crippen molar-refractivity contribution in [2.75, 3.05) is 6.54 Å². The number of amides is 1. The molecule has 0 saturated carbocycles. The van der Waals surface area contributed by atoms with E-state index in [0.717, 1.165) is 0 Å². The third-order valence-corrected chi connectivity index (χ3v) is 4.31. The number of alkyl carbamates (subject to hydrolysis) is 1. The molecule has 1 aromatic heterocycles. The zero-order chi connectivity index (χ0) is 21.4. The van der Waals surface area contributed by atoms with Gasteiger partial charge in [-0.25, -0.2) is 9.78 Å². The zero-order valence-electron chi connectivity index (χ0n) is 16.7. The predicted octanol–water partition coefficient (Wildman–Crippen LogP) is 4.78. The van der Waals surface area contributed by atoms with Gasteiger partial charge in [0.25, 0.3) is 0 Å². The summed E-state index contributed by atoms with van der Waals surface area (Å²) in [7, 11) is 0. The molecule has 1 unspecified atom stereocenters. The van der Waals surface area contributed by atoms with Crippen molar-refractivity contribution in [2.24, 2.45) is 0 Å². The molecule has 0 spiro atoms. The van der Waals surface area contributed by atoms with Crippen LogP contribution in [0.2, 0.25) is 10.0 Å². The number of benzene rings is 1. The molecule has 0 bridgehead atoms. The van der Waals surface area contributed by atoms with Crippen molar-refractivity contribution in [1.29, 1.82) is 0 Å². The first-order valence-corrected chi connectivity index (χ1v) is 9.96. The van der Waals surface area contributed by atoms with Gasteiger partial charge in [0.1, 0.15) is 11.7 Å². The summed E-state index contributed by atoms with van der Waals surface area (Å²) in [6, 6.07) is 5.05. The van der Waals surface area contributed by atoms with Crippen LogP contribution >= 0.6 is 23.2 Å². The molecule has 2 aromatic rings. The van der Waals surface area contributed by atoms with E-state index in [1.807, 2.05) is 0 Å². The number of nitrogens with one attached hydrogen (secondary N) is 1. The monoisotopic (exact) mass is 441 g/mol. The number of halogens is 2. The Morgan fingerprint density at radius 1 is 1.28 bits per heavy atom. The van der Waals surface area contributed by atoms with Gasteiger partial charge in [0, 0.05) is 41.0 Å². The quantitative estimate of drug-likeness (QED) is 0.470. The van der Waals surface area contributed by atoms with Gasteiger partial charge in [-0.05, 0) is 39.3 Å². The number of carbonyl (C=O) groups is 2. The molecule has 1 heterocycles. The van der Waals surface area contributed by atoms with Crippen molar-refractivity contribution in [1.82, 2.24) is 14.9 Å². The molecule has 0 saturated heterocycles. The summed E-state index contributed by atoms with van der Waals surface area (Å²) in [5.74, 6) is -0.396. The average Bonchev–Trinajstić information content (AvgIpc) is 3.10. The highest BCUT2D eigenvalue weighted by Gasteiger charge is 2.21. The molecule has 1 aromatic carbocycles. The number of aromatic nitrogens is 2. The van der Waals surface area contributed by atoms with E-state index in [0.29, 0.717) is 35.1 Å². The lowest BCUT2D eigenvalue weighted by molar-refractivity contribution is -0.150. The normalized spacial score (nSPS) is 12.3. The Morgan fingerprint density at radius 2 is 2.03 bits per heavy atom. The molecular weight excluding hydrogens is 417 g/mol. The van der Waals surface area contributed by atoms with Crippen molar-refractivity contribution in [3.8, 4) is 0 Å². The molecular formula is C20H25Cl2N3O4. The van der Waals surface area contributed by atoms with Crippen molar-refractivity contribution in [3.63, 3.8) is 0 Å². The molecule has 7 nitrogen and oxygen atoms in total. The average molecular weight is 442 g/mol. The largest absolute Gasteiger partial charge is 0.455 e. The Bertz CT molecular complexity index is 820. The highest BCUT2D eigenvalue weighted by molar-refractivity contribution is 6.35. The molecule has 1 atom stereocenters. The van der Waals surface area contributed by atoms with Crippen LogP contribution in [-0.4, -0.2) is 33.8 Å². The third-order valence-electron chi connectivity index (χ3n) is 3.74. The number of hydrogen-bond acceptors (Lipinski definition) is 5. The minimum absolute atomic E-state index is 0.140. The highest BCUT2D eigenvalue weighted by Crippen LogP contribution is 2.30. The molecule has 1 N–H and O–H groups in total. The van der Waals surface area contributed by atoms with E-state index >= 15 is 0 Å². The van der Waals surface area contributed by atoms with Crippen LogP contribution in [0.5, 0.6) is 0 Å². The van der Waals surface area contributed by atoms with Gasteiger partial charge in [0.2, 0.25) is 0 Å². The Balaban J connectivity index is 1.91. The first-order chi connectivity index (χ1) is 13.6. The maximum absolute atomic E-state index is 12.3. The first kappa shape index (κ1) is 23.0. The van der Waals surface area contributed by atoms with E-state index in [2.05, 4.69) is 10.3 Å². The molecule has 1 amide bonds. The number of hydrogen-bond donors (Lipinski definition) is 1. The number of rotatable bonds is 8. The summed E-state index contributed by atoms with van der Waals surface area (Å²) >= 11 is 12.3. The van der Waals surface area contributed by atoms with Crippen molar-refractivity contribution < 1.29 is 19.1 Å². The fourth-order valence-corrected chi connectivity index (χ4v) is 3.03. The van der Waals surface area contributed by atoms with E-state index in [1.165, 1.54) is 0 Å². The smallest absolute Gasteiger partial charge is 0.407 e. The predicted molar refractivity (Wildman–Crippen MR) is 111 cm³/mol. The summed E-state index contributed by atoms with van der Waals surface area (Å²) in [5, 5.41) is 3.53. The minimum Gasteiger partial charge on any atom is -0.455 e. The summed E-state index contributed by atoms with van der Waals surface area (Å²) in [6.45, 7) is 6.02. The fourth-order valence-electron chi connectivity index (χ4n) is 2.50. The Morgan fingerprint density at radius 3 is 2.66 bits per heavy atom. The Kier molecular flexibility index (Phi) is 8.34. The van der Waals surface area contributed by atoms with Gasteiger partial charge in [0.15, 0.2) is 0 Å². The summed E-state index contributed by atoms with van der Waals surface area (Å²) < 4.78 is 12.6. The number of esters is 1. The lowest BCUT2D eigenvalue weighted by atomic mass is 10.1. The minimum atomic E-state index is -0.597. The SMILES string of the molecule is CC(C)(C)OC(=O)NCCCC(=O)OC(Cn1ccnc1)c1ccc(Cl)cc1Cl. The molecule has 0 fully saturated rings.